The van der Waals surface area contributed by atoms with Crippen molar-refractivity contribution in [2.75, 3.05) is 19.5 Å². The number of aromatic nitrogens is 2. The van der Waals surface area contributed by atoms with Crippen molar-refractivity contribution in [3.8, 4) is 11.6 Å². The molecule has 1 aromatic rings. The summed E-state index contributed by atoms with van der Waals surface area (Å²) in [7, 11) is 1.34. The third kappa shape index (κ3) is 2.90. The van der Waals surface area contributed by atoms with Crippen LogP contribution in [-0.4, -0.2) is 30.1 Å². The average Bonchev–Trinajstić information content (AvgIpc) is 2.14. The topological polar surface area (TPSA) is 70.3 Å². The number of methoxy groups -OCH3 is 1. The maximum absolute atomic E-state index is 11.9. The first kappa shape index (κ1) is 11.4. The molecule has 7 heteroatoms. The molecule has 0 spiro atoms. The van der Waals surface area contributed by atoms with Gasteiger partial charge in [0.05, 0.1) is 12.8 Å². The van der Waals surface area contributed by atoms with Crippen LogP contribution in [0.2, 0.25) is 0 Å². The number of nitrogens with two attached hydrogens (primary N) is 1. The van der Waals surface area contributed by atoms with Gasteiger partial charge in [0.1, 0.15) is 6.61 Å². The van der Waals surface area contributed by atoms with E-state index in [1.807, 2.05) is 0 Å². The molecule has 0 saturated heterocycles. The van der Waals surface area contributed by atoms with Crippen molar-refractivity contribution in [2.45, 2.75) is 13.3 Å². The lowest BCUT2D eigenvalue weighted by molar-refractivity contribution is 0.0795. The summed E-state index contributed by atoms with van der Waals surface area (Å²) in [6.07, 6.45) is -2.56. The fourth-order valence-corrected chi connectivity index (χ4v) is 1.01. The van der Waals surface area contributed by atoms with Crippen LogP contribution in [0.4, 0.5) is 14.7 Å². The van der Waals surface area contributed by atoms with Crippen molar-refractivity contribution in [2.24, 2.45) is 0 Å². The minimum Gasteiger partial charge on any atom is -0.480 e. The molecular weight excluding hydrogens is 208 g/mol. The molecule has 0 unspecified atom stereocenters. The van der Waals surface area contributed by atoms with E-state index in [1.165, 1.54) is 7.11 Å². The molecule has 0 fully saturated rings. The number of alkyl halides is 2. The van der Waals surface area contributed by atoms with Gasteiger partial charge in [0.15, 0.2) is 0 Å². The quantitative estimate of drug-likeness (QED) is 0.818. The van der Waals surface area contributed by atoms with Crippen LogP contribution in [0.1, 0.15) is 5.69 Å². The molecule has 0 aliphatic rings. The second-order valence-electron chi connectivity index (χ2n) is 2.71. The molecule has 0 atom stereocenters. The third-order valence-corrected chi connectivity index (χ3v) is 1.57. The highest BCUT2D eigenvalue weighted by Crippen LogP contribution is 2.28. The van der Waals surface area contributed by atoms with Gasteiger partial charge in [-0.3, -0.25) is 0 Å². The van der Waals surface area contributed by atoms with Crippen LogP contribution in [-0.2, 0) is 0 Å². The van der Waals surface area contributed by atoms with E-state index in [9.17, 15) is 8.78 Å². The van der Waals surface area contributed by atoms with Crippen molar-refractivity contribution < 1.29 is 18.3 Å². The molecule has 15 heavy (non-hydrogen) atoms. The molecule has 1 aromatic heterocycles. The van der Waals surface area contributed by atoms with E-state index in [-0.39, 0.29) is 17.6 Å². The Morgan fingerprint density at radius 2 is 2.07 bits per heavy atom. The van der Waals surface area contributed by atoms with Crippen LogP contribution in [0, 0.1) is 6.92 Å². The van der Waals surface area contributed by atoms with Crippen molar-refractivity contribution in [1.82, 2.24) is 9.97 Å². The number of nitrogens with zero attached hydrogens (tertiary/aromatic N) is 2. The number of aryl methyl sites for hydroxylation is 1. The molecular formula is C8H11F2N3O2. The second-order valence-corrected chi connectivity index (χ2v) is 2.71. The lowest BCUT2D eigenvalue weighted by Crippen LogP contribution is -2.11. The Morgan fingerprint density at radius 1 is 1.40 bits per heavy atom. The minimum absolute atomic E-state index is 0.00810. The van der Waals surface area contributed by atoms with Gasteiger partial charge in [0.25, 0.3) is 12.3 Å². The first-order chi connectivity index (χ1) is 7.04. The number of anilines is 1. The van der Waals surface area contributed by atoms with Crippen LogP contribution in [0.25, 0.3) is 0 Å². The molecule has 84 valence electrons. The molecule has 0 aromatic carbocycles. The van der Waals surface area contributed by atoms with Gasteiger partial charge in [-0.05, 0) is 6.92 Å². The Kier molecular flexibility index (Phi) is 3.59. The van der Waals surface area contributed by atoms with Gasteiger partial charge in [0, 0.05) is 0 Å². The van der Waals surface area contributed by atoms with E-state index >= 15 is 0 Å². The van der Waals surface area contributed by atoms with E-state index in [2.05, 4.69) is 9.97 Å². The number of halogens is 2. The number of hydrogen-bond acceptors (Lipinski definition) is 5. The van der Waals surface area contributed by atoms with Gasteiger partial charge in [-0.15, -0.1) is 0 Å². The van der Waals surface area contributed by atoms with Gasteiger partial charge >= 0.3 is 0 Å². The van der Waals surface area contributed by atoms with E-state index in [4.69, 9.17) is 15.2 Å². The molecule has 1 heterocycles. The van der Waals surface area contributed by atoms with Gasteiger partial charge < -0.3 is 15.2 Å². The zero-order chi connectivity index (χ0) is 11.4. The van der Waals surface area contributed by atoms with E-state index in [0.717, 1.165) is 0 Å². The Balaban J connectivity index is 2.93. The molecule has 0 saturated carbocycles. The van der Waals surface area contributed by atoms with E-state index in [1.54, 1.807) is 6.92 Å². The Hall–Kier alpha value is -1.66. The van der Waals surface area contributed by atoms with Gasteiger partial charge in [-0.2, -0.15) is 4.98 Å². The SMILES string of the molecule is COc1nc(N)nc(C)c1OCC(F)F. The summed E-state index contributed by atoms with van der Waals surface area (Å²) in [4.78, 5) is 7.48. The van der Waals surface area contributed by atoms with Gasteiger partial charge in [-0.25, -0.2) is 13.8 Å². The van der Waals surface area contributed by atoms with Crippen LogP contribution in [0.15, 0.2) is 0 Å². The Bertz CT molecular complexity index is 347. The van der Waals surface area contributed by atoms with Crippen molar-refractivity contribution >= 4 is 5.95 Å². The number of nitrogen functional groups attached to an aromatic ring is 1. The van der Waals surface area contributed by atoms with E-state index < -0.39 is 13.0 Å². The summed E-state index contributed by atoms with van der Waals surface area (Å²) in [6.45, 7) is 0.839. The summed E-state index contributed by atoms with van der Waals surface area (Å²) in [5, 5.41) is 0. The van der Waals surface area contributed by atoms with Crippen LogP contribution >= 0.6 is 0 Å². The van der Waals surface area contributed by atoms with Gasteiger partial charge in [0.2, 0.25) is 11.7 Å². The fraction of sp³-hybridized carbons (Fsp3) is 0.500. The molecule has 0 aliphatic carbocycles. The summed E-state index contributed by atoms with van der Waals surface area (Å²) in [5.74, 6) is 0.154. The van der Waals surface area contributed by atoms with Crippen molar-refractivity contribution in [1.29, 1.82) is 0 Å². The highest BCUT2D eigenvalue weighted by atomic mass is 19.3. The molecule has 0 bridgehead atoms. The van der Waals surface area contributed by atoms with Crippen molar-refractivity contribution in [3.05, 3.63) is 5.69 Å². The zero-order valence-electron chi connectivity index (χ0n) is 8.33. The van der Waals surface area contributed by atoms with E-state index in [0.29, 0.717) is 5.69 Å². The first-order valence-electron chi connectivity index (χ1n) is 4.13. The highest BCUT2D eigenvalue weighted by Gasteiger charge is 2.14. The predicted molar refractivity (Wildman–Crippen MR) is 49.2 cm³/mol. The summed E-state index contributed by atoms with van der Waals surface area (Å²) >= 11 is 0. The molecule has 1 rings (SSSR count). The molecule has 0 radical (unpaired) electrons. The number of ether oxygens (including phenoxy) is 2. The smallest absolute Gasteiger partial charge is 0.272 e. The molecule has 2 N–H and O–H groups in total. The lowest BCUT2D eigenvalue weighted by Gasteiger charge is -2.11. The maximum atomic E-state index is 11.9. The maximum Gasteiger partial charge on any atom is 0.272 e. The summed E-state index contributed by atoms with van der Waals surface area (Å²) in [6, 6.07) is 0. The molecule has 0 aliphatic heterocycles. The second kappa shape index (κ2) is 4.72. The van der Waals surface area contributed by atoms with Crippen LogP contribution in [0.5, 0.6) is 11.6 Å². The van der Waals surface area contributed by atoms with Crippen molar-refractivity contribution in [3.63, 3.8) is 0 Å². The average molecular weight is 219 g/mol. The molecule has 0 amide bonds. The monoisotopic (exact) mass is 219 g/mol. The normalized spacial score (nSPS) is 10.5. The first-order valence-corrected chi connectivity index (χ1v) is 4.13. The Labute approximate surface area is 85.2 Å². The molecule has 5 nitrogen and oxygen atoms in total. The highest BCUT2D eigenvalue weighted by molar-refractivity contribution is 5.41. The summed E-state index contributed by atoms with van der Waals surface area (Å²) in [5.41, 5.74) is 5.72. The van der Waals surface area contributed by atoms with Crippen LogP contribution < -0.4 is 15.2 Å². The van der Waals surface area contributed by atoms with Gasteiger partial charge in [-0.1, -0.05) is 0 Å². The standard InChI is InChI=1S/C8H11F2N3O2/c1-4-6(15-3-5(9)10)7(14-2)13-8(11)12-4/h5H,3H2,1-2H3,(H2,11,12,13). The largest absolute Gasteiger partial charge is 0.480 e. The minimum atomic E-state index is -2.56. The fourth-order valence-electron chi connectivity index (χ4n) is 1.01. The number of hydrogen-bond donors (Lipinski definition) is 1. The zero-order valence-corrected chi connectivity index (χ0v) is 8.33. The summed E-state index contributed by atoms with van der Waals surface area (Å²) < 4.78 is 33.5. The third-order valence-electron chi connectivity index (χ3n) is 1.57. The lowest BCUT2D eigenvalue weighted by atomic mass is 10.4. The predicted octanol–water partition coefficient (Wildman–Crippen LogP) is 1.02. The van der Waals surface area contributed by atoms with Crippen LogP contribution in [0.3, 0.4) is 0 Å². The Morgan fingerprint density at radius 3 is 2.60 bits per heavy atom. The number of rotatable bonds is 4.